The van der Waals surface area contributed by atoms with Crippen LogP contribution in [-0.4, -0.2) is 36.0 Å². The number of ether oxygens (including phenoxy) is 1. The number of rotatable bonds is 9. The van der Waals surface area contributed by atoms with Gasteiger partial charge in [-0.3, -0.25) is 14.4 Å². The van der Waals surface area contributed by atoms with Crippen molar-refractivity contribution in [3.05, 3.63) is 59.7 Å². The maximum Gasteiger partial charge on any atom is 0.305 e. The second-order valence-corrected chi connectivity index (χ2v) is 6.54. The fourth-order valence-corrected chi connectivity index (χ4v) is 2.40. The van der Waals surface area contributed by atoms with Gasteiger partial charge in [0.25, 0.3) is 11.8 Å². The highest BCUT2D eigenvalue weighted by Crippen LogP contribution is 2.20. The van der Waals surface area contributed by atoms with Crippen LogP contribution >= 0.6 is 0 Å². The summed E-state index contributed by atoms with van der Waals surface area (Å²) in [5.74, 6) is -0.649. The van der Waals surface area contributed by atoms with E-state index < -0.39 is 5.97 Å². The summed E-state index contributed by atoms with van der Waals surface area (Å²) in [7, 11) is 0. The van der Waals surface area contributed by atoms with Gasteiger partial charge in [0.1, 0.15) is 5.75 Å². The van der Waals surface area contributed by atoms with E-state index in [1.165, 1.54) is 0 Å². The van der Waals surface area contributed by atoms with Crippen molar-refractivity contribution in [2.75, 3.05) is 18.5 Å². The van der Waals surface area contributed by atoms with E-state index in [1.54, 1.807) is 30.3 Å². The van der Waals surface area contributed by atoms with Gasteiger partial charge in [-0.1, -0.05) is 26.0 Å². The summed E-state index contributed by atoms with van der Waals surface area (Å²) in [5.41, 5.74) is 2.05. The number of amides is 2. The normalized spacial score (nSPS) is 10.4. The topological polar surface area (TPSA) is 105 Å². The average Bonchev–Trinajstić information content (AvgIpc) is 2.67. The highest BCUT2D eigenvalue weighted by Gasteiger charge is 2.08. The molecule has 0 unspecified atom stereocenters. The molecule has 0 bridgehead atoms. The lowest BCUT2D eigenvalue weighted by atomic mass is 10.0. The molecule has 2 amide bonds. The standard InChI is InChI=1S/C21H24N2O5/c1-14(2)16-4-3-5-18(12-16)28-13-19(24)23-17-8-6-15(7-9-17)21(27)22-11-10-20(25)26/h3-9,12,14H,10-11,13H2,1-2H3,(H,22,27)(H,23,24)(H,25,26). The molecule has 28 heavy (non-hydrogen) atoms. The lowest BCUT2D eigenvalue weighted by molar-refractivity contribution is -0.136. The molecule has 0 aliphatic rings. The zero-order valence-electron chi connectivity index (χ0n) is 15.9. The average molecular weight is 384 g/mol. The molecule has 0 atom stereocenters. The molecular formula is C21H24N2O5. The Morgan fingerprint density at radius 3 is 2.43 bits per heavy atom. The molecule has 0 aliphatic carbocycles. The van der Waals surface area contributed by atoms with E-state index in [0.29, 0.717) is 22.9 Å². The molecule has 2 aromatic carbocycles. The largest absolute Gasteiger partial charge is 0.484 e. The van der Waals surface area contributed by atoms with E-state index in [4.69, 9.17) is 9.84 Å². The smallest absolute Gasteiger partial charge is 0.305 e. The Hall–Kier alpha value is -3.35. The molecule has 0 heterocycles. The van der Waals surface area contributed by atoms with Gasteiger partial charge < -0.3 is 20.5 Å². The Labute approximate surface area is 163 Å². The van der Waals surface area contributed by atoms with Crippen LogP contribution < -0.4 is 15.4 Å². The van der Waals surface area contributed by atoms with Crippen molar-refractivity contribution in [3.63, 3.8) is 0 Å². The molecule has 0 saturated heterocycles. The number of carboxylic acids is 1. The molecule has 2 rings (SSSR count). The Balaban J connectivity index is 1.83. The van der Waals surface area contributed by atoms with Gasteiger partial charge in [-0.25, -0.2) is 0 Å². The molecule has 148 valence electrons. The Morgan fingerprint density at radius 1 is 1.07 bits per heavy atom. The van der Waals surface area contributed by atoms with Crippen molar-refractivity contribution in [2.24, 2.45) is 0 Å². The summed E-state index contributed by atoms with van der Waals surface area (Å²) in [5, 5.41) is 13.8. The third kappa shape index (κ3) is 6.75. The highest BCUT2D eigenvalue weighted by molar-refractivity contribution is 5.96. The summed E-state index contributed by atoms with van der Waals surface area (Å²) in [4.78, 5) is 34.4. The van der Waals surface area contributed by atoms with Crippen LogP contribution in [0.3, 0.4) is 0 Å². The second kappa shape index (κ2) is 10.1. The lowest BCUT2D eigenvalue weighted by Crippen LogP contribution is -2.26. The third-order valence-electron chi connectivity index (χ3n) is 3.95. The molecule has 0 aromatic heterocycles. The summed E-state index contributed by atoms with van der Waals surface area (Å²) in [6.45, 7) is 4.10. The lowest BCUT2D eigenvalue weighted by Gasteiger charge is -2.10. The first kappa shape index (κ1) is 21.0. The van der Waals surface area contributed by atoms with Crippen LogP contribution in [0.15, 0.2) is 48.5 Å². The number of hydrogen-bond acceptors (Lipinski definition) is 4. The van der Waals surface area contributed by atoms with Crippen LogP contribution in [0.4, 0.5) is 5.69 Å². The van der Waals surface area contributed by atoms with Crippen LogP contribution in [0.2, 0.25) is 0 Å². The van der Waals surface area contributed by atoms with Gasteiger partial charge in [0.05, 0.1) is 6.42 Å². The van der Waals surface area contributed by atoms with E-state index in [-0.39, 0.29) is 31.4 Å². The summed E-state index contributed by atoms with van der Waals surface area (Å²) >= 11 is 0. The molecule has 7 heteroatoms. The van der Waals surface area contributed by atoms with Crippen molar-refractivity contribution in [2.45, 2.75) is 26.2 Å². The molecule has 0 fully saturated rings. The first-order valence-corrected chi connectivity index (χ1v) is 8.98. The molecule has 0 saturated carbocycles. The zero-order valence-corrected chi connectivity index (χ0v) is 15.9. The van der Waals surface area contributed by atoms with Gasteiger partial charge in [-0.15, -0.1) is 0 Å². The van der Waals surface area contributed by atoms with Crippen LogP contribution in [0.5, 0.6) is 5.75 Å². The Bertz CT molecular complexity index is 831. The second-order valence-electron chi connectivity index (χ2n) is 6.54. The molecule has 3 N–H and O–H groups in total. The quantitative estimate of drug-likeness (QED) is 0.616. The van der Waals surface area contributed by atoms with Crippen molar-refractivity contribution in [1.82, 2.24) is 5.32 Å². The number of nitrogens with one attached hydrogen (secondary N) is 2. The van der Waals surface area contributed by atoms with Crippen molar-refractivity contribution >= 4 is 23.5 Å². The van der Waals surface area contributed by atoms with Crippen molar-refractivity contribution < 1.29 is 24.2 Å². The van der Waals surface area contributed by atoms with Crippen molar-refractivity contribution in [1.29, 1.82) is 0 Å². The van der Waals surface area contributed by atoms with Gasteiger partial charge in [-0.2, -0.15) is 0 Å². The van der Waals surface area contributed by atoms with Gasteiger partial charge in [0.2, 0.25) is 0 Å². The van der Waals surface area contributed by atoms with Crippen LogP contribution in [0, 0.1) is 0 Å². The minimum Gasteiger partial charge on any atom is -0.484 e. The molecule has 0 aliphatic heterocycles. The van der Waals surface area contributed by atoms with E-state index in [2.05, 4.69) is 24.5 Å². The number of benzene rings is 2. The first-order chi connectivity index (χ1) is 13.3. The van der Waals surface area contributed by atoms with Crippen LogP contribution in [-0.2, 0) is 9.59 Å². The predicted octanol–water partition coefficient (Wildman–Crippen LogP) is 3.03. The number of carbonyl (C=O) groups excluding carboxylic acids is 2. The zero-order chi connectivity index (χ0) is 20.5. The summed E-state index contributed by atoms with van der Waals surface area (Å²) in [6, 6.07) is 13.9. The van der Waals surface area contributed by atoms with E-state index in [9.17, 15) is 14.4 Å². The fourth-order valence-electron chi connectivity index (χ4n) is 2.40. The monoisotopic (exact) mass is 384 g/mol. The highest BCUT2D eigenvalue weighted by atomic mass is 16.5. The van der Waals surface area contributed by atoms with Crippen molar-refractivity contribution in [3.8, 4) is 5.75 Å². The molecule has 7 nitrogen and oxygen atoms in total. The van der Waals surface area contributed by atoms with Gasteiger partial charge >= 0.3 is 5.97 Å². The van der Waals surface area contributed by atoms with Gasteiger partial charge in [0, 0.05) is 17.8 Å². The predicted molar refractivity (Wildman–Crippen MR) is 106 cm³/mol. The van der Waals surface area contributed by atoms with E-state index in [0.717, 1.165) is 5.56 Å². The molecule has 0 radical (unpaired) electrons. The van der Waals surface area contributed by atoms with E-state index in [1.807, 2.05) is 18.2 Å². The fraction of sp³-hybridized carbons (Fsp3) is 0.286. The van der Waals surface area contributed by atoms with Gasteiger partial charge in [-0.05, 0) is 47.9 Å². The van der Waals surface area contributed by atoms with Crippen LogP contribution in [0.1, 0.15) is 42.1 Å². The number of carbonyl (C=O) groups is 3. The molecule has 2 aromatic rings. The molecule has 0 spiro atoms. The minimum absolute atomic E-state index is 0.0575. The SMILES string of the molecule is CC(C)c1cccc(OCC(=O)Nc2ccc(C(=O)NCCC(=O)O)cc2)c1. The number of anilines is 1. The summed E-state index contributed by atoms with van der Waals surface area (Å²) < 4.78 is 5.53. The Kier molecular flexibility index (Phi) is 7.56. The Morgan fingerprint density at radius 2 is 1.79 bits per heavy atom. The van der Waals surface area contributed by atoms with Gasteiger partial charge in [0.15, 0.2) is 6.61 Å². The van der Waals surface area contributed by atoms with Crippen LogP contribution in [0.25, 0.3) is 0 Å². The third-order valence-corrected chi connectivity index (χ3v) is 3.95. The number of hydrogen-bond donors (Lipinski definition) is 3. The number of aliphatic carboxylic acids is 1. The summed E-state index contributed by atoms with van der Waals surface area (Å²) in [6.07, 6.45) is -0.139. The maximum atomic E-state index is 12.1. The minimum atomic E-state index is -0.975. The van der Waals surface area contributed by atoms with E-state index >= 15 is 0 Å². The maximum absolute atomic E-state index is 12.1. The molecular weight excluding hydrogens is 360 g/mol. The first-order valence-electron chi connectivity index (χ1n) is 8.98. The number of carboxylic acid groups (broad SMARTS) is 1.